The number of carbonyl (C=O) groups is 1. The second kappa shape index (κ2) is 6.81. The average Bonchev–Trinajstić information content (AvgIpc) is 3.06. The van der Waals surface area contributed by atoms with E-state index in [-0.39, 0.29) is 17.6 Å². The summed E-state index contributed by atoms with van der Waals surface area (Å²) < 4.78 is 11.8. The van der Waals surface area contributed by atoms with Gasteiger partial charge in [0.15, 0.2) is 0 Å². The molecule has 5 nitrogen and oxygen atoms in total. The highest BCUT2D eigenvalue weighted by atomic mass is 16.5. The minimum absolute atomic E-state index is 0.159. The molecule has 0 bridgehead atoms. The molecule has 0 saturated carbocycles. The van der Waals surface area contributed by atoms with E-state index in [4.69, 9.17) is 9.47 Å². The van der Waals surface area contributed by atoms with Crippen LogP contribution in [0.3, 0.4) is 0 Å². The van der Waals surface area contributed by atoms with Crippen LogP contribution in [-0.2, 0) is 20.7 Å². The normalized spacial score (nSPS) is 23.2. The van der Waals surface area contributed by atoms with Gasteiger partial charge in [0, 0.05) is 43.9 Å². The molecule has 1 atom stereocenters. The predicted octanol–water partition coefficient (Wildman–Crippen LogP) is 2.90. The molecule has 5 heteroatoms. The Labute approximate surface area is 148 Å². The van der Waals surface area contributed by atoms with Gasteiger partial charge >= 0.3 is 0 Å². The lowest BCUT2D eigenvalue weighted by Gasteiger charge is -2.48. The Hall–Kier alpha value is -1.85. The monoisotopic (exact) mass is 342 g/mol. The lowest BCUT2D eigenvalue weighted by Crippen LogP contribution is -2.56. The van der Waals surface area contributed by atoms with Crippen LogP contribution in [0.5, 0.6) is 0 Å². The highest BCUT2D eigenvalue weighted by Gasteiger charge is 2.45. The van der Waals surface area contributed by atoms with Gasteiger partial charge in [-0.15, -0.1) is 0 Å². The summed E-state index contributed by atoms with van der Waals surface area (Å²) in [6, 6.07) is 8.13. The molecule has 0 radical (unpaired) electrons. The molecule has 25 heavy (non-hydrogen) atoms. The quantitative estimate of drug-likeness (QED) is 0.933. The van der Waals surface area contributed by atoms with Crippen LogP contribution in [0.1, 0.15) is 31.2 Å². The molecule has 2 fully saturated rings. The van der Waals surface area contributed by atoms with Crippen LogP contribution >= 0.6 is 0 Å². The van der Waals surface area contributed by atoms with Gasteiger partial charge in [0.25, 0.3) is 0 Å². The van der Waals surface area contributed by atoms with Gasteiger partial charge < -0.3 is 19.4 Å². The fourth-order valence-electron chi connectivity index (χ4n) is 4.39. The van der Waals surface area contributed by atoms with Crippen molar-refractivity contribution >= 4 is 16.8 Å². The van der Waals surface area contributed by atoms with E-state index in [9.17, 15) is 4.79 Å². The zero-order valence-electron chi connectivity index (χ0n) is 14.8. The third-order valence-electron chi connectivity index (χ3n) is 5.85. The molecule has 1 N–H and O–H groups in total. The van der Waals surface area contributed by atoms with Crippen LogP contribution < -0.4 is 0 Å². The SMILES string of the molecule is COC1CCCOC12CCN(C(=O)Cc1c[nH]c3ccccc13)CC2. The first-order chi connectivity index (χ1) is 12.2. The number of H-pyrrole nitrogens is 1. The molecular weight excluding hydrogens is 316 g/mol. The molecule has 1 aromatic heterocycles. The Balaban J connectivity index is 1.41. The van der Waals surface area contributed by atoms with E-state index in [1.165, 1.54) is 0 Å². The molecule has 3 heterocycles. The molecule has 1 amide bonds. The molecule has 2 saturated heterocycles. The number of benzene rings is 1. The molecule has 1 unspecified atom stereocenters. The summed E-state index contributed by atoms with van der Waals surface area (Å²) >= 11 is 0. The standard InChI is InChI=1S/C20H26N2O3/c1-24-18-7-4-12-25-20(18)8-10-22(11-9-20)19(23)13-15-14-21-17-6-3-2-5-16(15)17/h2-3,5-6,14,18,21H,4,7-13H2,1H3. The van der Waals surface area contributed by atoms with Gasteiger partial charge in [-0.3, -0.25) is 4.79 Å². The first kappa shape index (κ1) is 16.6. The second-order valence-corrected chi connectivity index (χ2v) is 7.20. The lowest BCUT2D eigenvalue weighted by molar-refractivity contribution is -0.188. The van der Waals surface area contributed by atoms with Gasteiger partial charge in [-0.05, 0) is 37.3 Å². The number of rotatable bonds is 3. The molecular formula is C20H26N2O3. The summed E-state index contributed by atoms with van der Waals surface area (Å²) in [6.45, 7) is 2.31. The van der Waals surface area contributed by atoms with Crippen molar-refractivity contribution in [1.29, 1.82) is 0 Å². The minimum atomic E-state index is -0.190. The maximum atomic E-state index is 12.8. The average molecular weight is 342 g/mol. The largest absolute Gasteiger partial charge is 0.378 e. The van der Waals surface area contributed by atoms with Crippen molar-refractivity contribution in [3.63, 3.8) is 0 Å². The van der Waals surface area contributed by atoms with Gasteiger partial charge in [-0.1, -0.05) is 18.2 Å². The van der Waals surface area contributed by atoms with Crippen molar-refractivity contribution in [2.45, 2.75) is 43.8 Å². The molecule has 1 aromatic carbocycles. The number of amides is 1. The molecule has 2 aliphatic rings. The van der Waals surface area contributed by atoms with Crippen molar-refractivity contribution in [3.8, 4) is 0 Å². The fourth-order valence-corrected chi connectivity index (χ4v) is 4.39. The number of nitrogens with zero attached hydrogens (tertiary/aromatic N) is 1. The molecule has 1 spiro atoms. The summed E-state index contributed by atoms with van der Waals surface area (Å²) in [7, 11) is 1.77. The molecule has 2 aliphatic heterocycles. The Morgan fingerprint density at radius 1 is 1.36 bits per heavy atom. The van der Waals surface area contributed by atoms with Crippen LogP contribution in [0.25, 0.3) is 10.9 Å². The van der Waals surface area contributed by atoms with Crippen LogP contribution in [0.2, 0.25) is 0 Å². The number of carbonyl (C=O) groups excluding carboxylic acids is 1. The van der Waals surface area contributed by atoms with E-state index in [1.54, 1.807) is 7.11 Å². The summed E-state index contributed by atoms with van der Waals surface area (Å²) in [5, 5.41) is 1.14. The topological polar surface area (TPSA) is 54.6 Å². The number of piperidine rings is 1. The van der Waals surface area contributed by atoms with Gasteiger partial charge in [-0.2, -0.15) is 0 Å². The zero-order valence-corrected chi connectivity index (χ0v) is 14.8. The van der Waals surface area contributed by atoms with E-state index < -0.39 is 0 Å². The van der Waals surface area contributed by atoms with E-state index in [0.29, 0.717) is 6.42 Å². The number of fused-ring (bicyclic) bond motifs is 1. The first-order valence-electron chi connectivity index (χ1n) is 9.21. The highest BCUT2D eigenvalue weighted by molar-refractivity contribution is 5.88. The number of aromatic amines is 1. The third kappa shape index (κ3) is 3.07. The summed E-state index contributed by atoms with van der Waals surface area (Å²) in [6.07, 6.45) is 6.41. The third-order valence-corrected chi connectivity index (χ3v) is 5.85. The van der Waals surface area contributed by atoms with Gasteiger partial charge in [0.2, 0.25) is 5.91 Å². The maximum absolute atomic E-state index is 12.8. The predicted molar refractivity (Wildman–Crippen MR) is 96.5 cm³/mol. The summed E-state index contributed by atoms with van der Waals surface area (Å²) in [4.78, 5) is 18.0. The number of hydrogen-bond acceptors (Lipinski definition) is 3. The van der Waals surface area contributed by atoms with Crippen molar-refractivity contribution in [3.05, 3.63) is 36.0 Å². The Kier molecular flexibility index (Phi) is 4.52. The van der Waals surface area contributed by atoms with Crippen LogP contribution in [-0.4, -0.2) is 54.3 Å². The van der Waals surface area contributed by atoms with Gasteiger partial charge in [-0.25, -0.2) is 0 Å². The molecule has 4 rings (SSSR count). The fraction of sp³-hybridized carbons (Fsp3) is 0.550. The number of likely N-dealkylation sites (tertiary alicyclic amines) is 1. The van der Waals surface area contributed by atoms with Crippen molar-refractivity contribution in [2.75, 3.05) is 26.8 Å². The number of methoxy groups -OCH3 is 1. The minimum Gasteiger partial charge on any atom is -0.378 e. The number of hydrogen-bond donors (Lipinski definition) is 1. The van der Waals surface area contributed by atoms with E-state index in [2.05, 4.69) is 11.1 Å². The van der Waals surface area contributed by atoms with Crippen LogP contribution in [0.15, 0.2) is 30.5 Å². The van der Waals surface area contributed by atoms with Crippen molar-refractivity contribution < 1.29 is 14.3 Å². The summed E-state index contributed by atoms with van der Waals surface area (Å²) in [5.74, 6) is 0.198. The lowest BCUT2D eigenvalue weighted by atomic mass is 9.81. The van der Waals surface area contributed by atoms with Crippen LogP contribution in [0, 0.1) is 0 Å². The van der Waals surface area contributed by atoms with E-state index in [0.717, 1.165) is 61.8 Å². The maximum Gasteiger partial charge on any atom is 0.227 e. The molecule has 2 aromatic rings. The number of para-hydroxylation sites is 1. The Morgan fingerprint density at radius 3 is 2.96 bits per heavy atom. The summed E-state index contributed by atoms with van der Waals surface area (Å²) in [5.41, 5.74) is 1.97. The zero-order chi connectivity index (χ0) is 17.3. The van der Waals surface area contributed by atoms with Gasteiger partial charge in [0.1, 0.15) is 0 Å². The highest BCUT2D eigenvalue weighted by Crippen LogP contribution is 2.37. The van der Waals surface area contributed by atoms with Crippen molar-refractivity contribution in [1.82, 2.24) is 9.88 Å². The number of nitrogens with one attached hydrogen (secondary N) is 1. The van der Waals surface area contributed by atoms with E-state index >= 15 is 0 Å². The van der Waals surface area contributed by atoms with E-state index in [1.807, 2.05) is 29.3 Å². The Morgan fingerprint density at radius 2 is 2.16 bits per heavy atom. The molecule has 0 aliphatic carbocycles. The van der Waals surface area contributed by atoms with Crippen molar-refractivity contribution in [2.24, 2.45) is 0 Å². The van der Waals surface area contributed by atoms with Gasteiger partial charge in [0.05, 0.1) is 18.1 Å². The Bertz CT molecular complexity index is 746. The number of ether oxygens (including phenoxy) is 2. The molecule has 134 valence electrons. The smallest absolute Gasteiger partial charge is 0.227 e. The number of aromatic nitrogens is 1. The second-order valence-electron chi connectivity index (χ2n) is 7.20. The van der Waals surface area contributed by atoms with Crippen LogP contribution in [0.4, 0.5) is 0 Å². The first-order valence-corrected chi connectivity index (χ1v) is 9.21.